The van der Waals surface area contributed by atoms with Crippen molar-refractivity contribution in [2.75, 3.05) is 12.8 Å². The van der Waals surface area contributed by atoms with Crippen LogP contribution in [0.15, 0.2) is 23.1 Å². The summed E-state index contributed by atoms with van der Waals surface area (Å²) in [5, 5.41) is 3.38. The SMILES string of the molecule is C#CCCCCN[C@@H](C)c1ccc(SC)c(F)c1. The molecular formula is C15H20FNS. The molecule has 0 aromatic heterocycles. The molecule has 0 aliphatic carbocycles. The molecule has 0 aliphatic heterocycles. The van der Waals surface area contributed by atoms with Gasteiger partial charge in [0.15, 0.2) is 0 Å². The average Bonchev–Trinajstić information content (AvgIpc) is 2.38. The quantitative estimate of drug-likeness (QED) is 0.454. The summed E-state index contributed by atoms with van der Waals surface area (Å²) in [6.45, 7) is 2.96. The van der Waals surface area contributed by atoms with E-state index in [9.17, 15) is 4.39 Å². The van der Waals surface area contributed by atoms with Gasteiger partial charge in [-0.25, -0.2) is 4.39 Å². The Bertz CT molecular complexity index is 411. The van der Waals surface area contributed by atoms with Gasteiger partial charge < -0.3 is 5.32 Å². The van der Waals surface area contributed by atoms with Crippen LogP contribution >= 0.6 is 11.8 Å². The molecule has 0 unspecified atom stereocenters. The Balaban J connectivity index is 2.44. The zero-order chi connectivity index (χ0) is 13.4. The van der Waals surface area contributed by atoms with Crippen molar-refractivity contribution in [2.45, 2.75) is 37.1 Å². The smallest absolute Gasteiger partial charge is 0.137 e. The summed E-state index contributed by atoms with van der Waals surface area (Å²) in [6.07, 6.45) is 9.99. The van der Waals surface area contributed by atoms with Crippen LogP contribution in [0.3, 0.4) is 0 Å². The number of nitrogens with one attached hydrogen (secondary N) is 1. The first kappa shape index (κ1) is 15.1. The molecule has 18 heavy (non-hydrogen) atoms. The maximum Gasteiger partial charge on any atom is 0.137 e. The van der Waals surface area contributed by atoms with Crippen LogP contribution in [0.1, 0.15) is 37.8 Å². The van der Waals surface area contributed by atoms with E-state index in [1.54, 1.807) is 6.07 Å². The van der Waals surface area contributed by atoms with E-state index in [1.165, 1.54) is 11.8 Å². The second-order valence-corrected chi connectivity index (χ2v) is 5.08. The largest absolute Gasteiger partial charge is 0.310 e. The first-order valence-electron chi connectivity index (χ1n) is 6.19. The van der Waals surface area contributed by atoms with Crippen molar-refractivity contribution in [1.82, 2.24) is 5.32 Å². The average molecular weight is 265 g/mol. The summed E-state index contributed by atoms with van der Waals surface area (Å²) < 4.78 is 13.6. The zero-order valence-electron chi connectivity index (χ0n) is 11.0. The van der Waals surface area contributed by atoms with E-state index in [-0.39, 0.29) is 11.9 Å². The molecule has 1 atom stereocenters. The minimum Gasteiger partial charge on any atom is -0.310 e. The summed E-state index contributed by atoms with van der Waals surface area (Å²) in [7, 11) is 0. The molecule has 0 radical (unpaired) electrons. The molecule has 0 fully saturated rings. The summed E-state index contributed by atoms with van der Waals surface area (Å²) in [5.41, 5.74) is 0.988. The third kappa shape index (κ3) is 4.72. The normalized spacial score (nSPS) is 12.1. The maximum absolute atomic E-state index is 13.6. The maximum atomic E-state index is 13.6. The van der Waals surface area contributed by atoms with E-state index in [4.69, 9.17) is 6.42 Å². The van der Waals surface area contributed by atoms with Crippen LogP contribution in [0.25, 0.3) is 0 Å². The summed E-state index contributed by atoms with van der Waals surface area (Å²) >= 11 is 1.43. The van der Waals surface area contributed by atoms with Gasteiger partial charge in [-0.05, 0) is 50.3 Å². The molecule has 1 N–H and O–H groups in total. The van der Waals surface area contributed by atoms with Crippen LogP contribution < -0.4 is 5.32 Å². The van der Waals surface area contributed by atoms with Crippen LogP contribution in [0.5, 0.6) is 0 Å². The third-order valence-corrected chi connectivity index (χ3v) is 3.65. The molecule has 0 spiro atoms. The number of halogens is 1. The number of benzene rings is 1. The van der Waals surface area contributed by atoms with E-state index >= 15 is 0 Å². The molecule has 1 nitrogen and oxygen atoms in total. The molecule has 98 valence electrons. The molecule has 1 rings (SSSR count). The van der Waals surface area contributed by atoms with Crippen LogP contribution in [-0.4, -0.2) is 12.8 Å². The molecule has 0 heterocycles. The zero-order valence-corrected chi connectivity index (χ0v) is 11.8. The predicted molar refractivity (Wildman–Crippen MR) is 77.3 cm³/mol. The van der Waals surface area contributed by atoms with Gasteiger partial charge in [-0.3, -0.25) is 0 Å². The lowest BCUT2D eigenvalue weighted by atomic mass is 10.1. The van der Waals surface area contributed by atoms with Crippen LogP contribution in [-0.2, 0) is 0 Å². The lowest BCUT2D eigenvalue weighted by molar-refractivity contribution is 0.540. The first-order chi connectivity index (χ1) is 8.69. The first-order valence-corrected chi connectivity index (χ1v) is 7.41. The highest BCUT2D eigenvalue weighted by Crippen LogP contribution is 2.22. The highest BCUT2D eigenvalue weighted by atomic mass is 32.2. The molecule has 0 aliphatic rings. The van der Waals surface area contributed by atoms with Gasteiger partial charge in [0.2, 0.25) is 0 Å². The molecule has 1 aromatic carbocycles. The minimum absolute atomic E-state index is 0.138. The number of rotatable bonds is 7. The van der Waals surface area contributed by atoms with Crippen LogP contribution in [0.4, 0.5) is 4.39 Å². The van der Waals surface area contributed by atoms with E-state index in [0.717, 1.165) is 31.4 Å². The van der Waals surface area contributed by atoms with Gasteiger partial charge in [-0.2, -0.15) is 0 Å². The number of unbranched alkanes of at least 4 members (excludes halogenated alkanes) is 2. The van der Waals surface area contributed by atoms with E-state index in [2.05, 4.69) is 18.2 Å². The molecule has 0 saturated heterocycles. The highest BCUT2D eigenvalue weighted by molar-refractivity contribution is 7.98. The fraction of sp³-hybridized carbons (Fsp3) is 0.467. The Kier molecular flexibility index (Phi) is 6.85. The van der Waals surface area contributed by atoms with Crippen molar-refractivity contribution in [2.24, 2.45) is 0 Å². The monoisotopic (exact) mass is 265 g/mol. The fourth-order valence-electron chi connectivity index (χ4n) is 1.74. The van der Waals surface area contributed by atoms with Crippen molar-refractivity contribution >= 4 is 11.8 Å². The standard InChI is InChI=1S/C15H20FNS/c1-4-5-6-7-10-17-12(2)13-8-9-15(18-3)14(16)11-13/h1,8-9,11-12,17H,5-7,10H2,2-3H3/t12-/m0/s1. The molecule has 0 saturated carbocycles. The van der Waals surface area contributed by atoms with Gasteiger partial charge in [0.05, 0.1) is 0 Å². The molecule has 1 aromatic rings. The Labute approximate surface area is 114 Å². The van der Waals surface area contributed by atoms with Crippen molar-refractivity contribution < 1.29 is 4.39 Å². The van der Waals surface area contributed by atoms with Crippen LogP contribution in [0.2, 0.25) is 0 Å². The molecular weight excluding hydrogens is 245 g/mol. The highest BCUT2D eigenvalue weighted by Gasteiger charge is 2.08. The minimum atomic E-state index is -0.138. The predicted octanol–water partition coefficient (Wildman–Crippen LogP) is 4.00. The van der Waals surface area contributed by atoms with Gasteiger partial charge in [-0.1, -0.05) is 6.07 Å². The van der Waals surface area contributed by atoms with E-state index < -0.39 is 0 Å². The lowest BCUT2D eigenvalue weighted by Crippen LogP contribution is -2.19. The number of terminal acetylenes is 1. The van der Waals surface area contributed by atoms with Gasteiger partial charge in [-0.15, -0.1) is 24.1 Å². The second-order valence-electron chi connectivity index (χ2n) is 4.23. The van der Waals surface area contributed by atoms with Crippen molar-refractivity contribution in [3.05, 3.63) is 29.6 Å². The van der Waals surface area contributed by atoms with E-state index in [1.807, 2.05) is 18.4 Å². The number of thioether (sulfide) groups is 1. The van der Waals surface area contributed by atoms with Gasteiger partial charge in [0.1, 0.15) is 5.82 Å². The van der Waals surface area contributed by atoms with E-state index in [0.29, 0.717) is 4.90 Å². The summed E-state index contributed by atoms with van der Waals surface area (Å²) in [4.78, 5) is 0.694. The second kappa shape index (κ2) is 8.18. The van der Waals surface area contributed by atoms with Crippen molar-refractivity contribution in [1.29, 1.82) is 0 Å². The third-order valence-electron chi connectivity index (χ3n) is 2.87. The molecule has 3 heteroatoms. The Hall–Kier alpha value is -0.980. The fourth-order valence-corrected chi connectivity index (χ4v) is 2.20. The molecule has 0 amide bonds. The Morgan fingerprint density at radius 1 is 1.44 bits per heavy atom. The van der Waals surface area contributed by atoms with Gasteiger partial charge in [0.25, 0.3) is 0 Å². The van der Waals surface area contributed by atoms with Crippen molar-refractivity contribution in [3.63, 3.8) is 0 Å². The summed E-state index contributed by atoms with van der Waals surface area (Å²) in [6, 6.07) is 5.60. The van der Waals surface area contributed by atoms with Gasteiger partial charge >= 0.3 is 0 Å². The van der Waals surface area contributed by atoms with Crippen LogP contribution in [0, 0.1) is 18.2 Å². The van der Waals surface area contributed by atoms with Gasteiger partial charge in [0, 0.05) is 17.4 Å². The molecule has 0 bridgehead atoms. The number of hydrogen-bond donors (Lipinski definition) is 1. The summed E-state index contributed by atoms with van der Waals surface area (Å²) in [5.74, 6) is 2.49. The Morgan fingerprint density at radius 3 is 2.83 bits per heavy atom. The topological polar surface area (TPSA) is 12.0 Å². The van der Waals surface area contributed by atoms with Crippen molar-refractivity contribution in [3.8, 4) is 12.3 Å². The number of hydrogen-bond acceptors (Lipinski definition) is 2. The Morgan fingerprint density at radius 2 is 2.22 bits per heavy atom. The lowest BCUT2D eigenvalue weighted by Gasteiger charge is -2.14.